The van der Waals surface area contributed by atoms with Crippen LogP contribution in [0.5, 0.6) is 0 Å². The van der Waals surface area contributed by atoms with E-state index in [1.807, 2.05) is 19.2 Å². The molecule has 0 bridgehead atoms. The highest BCUT2D eigenvalue weighted by atomic mass is 19.2. The molecule has 1 rings (SSSR count). The molecule has 3 N–H and O–H groups in total. The van der Waals surface area contributed by atoms with Gasteiger partial charge in [-0.2, -0.15) is 0 Å². The Hall–Kier alpha value is -2.09. The van der Waals surface area contributed by atoms with Crippen LogP contribution in [0.15, 0.2) is 12.1 Å². The third kappa shape index (κ3) is 6.19. The van der Waals surface area contributed by atoms with Crippen molar-refractivity contribution in [1.29, 1.82) is 0 Å². The first-order valence-electron chi connectivity index (χ1n) is 7.48. The second-order valence-electron chi connectivity index (χ2n) is 6.32. The van der Waals surface area contributed by atoms with Gasteiger partial charge in [0.05, 0.1) is 5.60 Å². The van der Waals surface area contributed by atoms with Crippen LogP contribution in [-0.4, -0.2) is 29.1 Å². The minimum atomic E-state index is -1.67. The van der Waals surface area contributed by atoms with Crippen molar-refractivity contribution in [3.63, 3.8) is 0 Å². The number of aliphatic hydroxyl groups is 1. The predicted molar refractivity (Wildman–Crippen MR) is 82.7 cm³/mol. The molecule has 0 radical (unpaired) electrons. The summed E-state index contributed by atoms with van der Waals surface area (Å²) in [6, 6.07) is 1.12. The van der Waals surface area contributed by atoms with E-state index in [0.29, 0.717) is 24.5 Å². The summed E-state index contributed by atoms with van der Waals surface area (Å²) in [6.07, 6.45) is 1.17. The van der Waals surface area contributed by atoms with Crippen molar-refractivity contribution in [2.24, 2.45) is 5.92 Å². The average Bonchev–Trinajstić information content (AvgIpc) is 2.48. The Morgan fingerprint density at radius 1 is 1.17 bits per heavy atom. The summed E-state index contributed by atoms with van der Waals surface area (Å²) in [5.41, 5.74) is -1.58. The van der Waals surface area contributed by atoms with Gasteiger partial charge in [0, 0.05) is 24.4 Å². The van der Waals surface area contributed by atoms with Crippen LogP contribution in [0.1, 0.15) is 33.6 Å². The van der Waals surface area contributed by atoms with Gasteiger partial charge in [-0.25, -0.2) is 13.2 Å². The molecule has 0 fully saturated rings. The largest absolute Gasteiger partial charge is 0.388 e. The lowest BCUT2D eigenvalue weighted by Crippen LogP contribution is -2.44. The van der Waals surface area contributed by atoms with Crippen molar-refractivity contribution in [1.82, 2.24) is 5.32 Å². The standard InChI is InChI=1S/C16H21F3N2O3/c1-9(2)4-5-16(3,24)8-20-14(22)15(23)21-10-6-11(17)13(19)12(18)7-10/h6-7,9,24H,4-5,8H2,1-3H3,(H,20,22)(H,21,23). The highest BCUT2D eigenvalue weighted by Crippen LogP contribution is 2.17. The van der Waals surface area contributed by atoms with Crippen LogP contribution < -0.4 is 10.6 Å². The van der Waals surface area contributed by atoms with Crippen molar-refractivity contribution >= 4 is 17.5 Å². The Balaban J connectivity index is 2.58. The number of benzene rings is 1. The molecule has 0 aromatic heterocycles. The van der Waals surface area contributed by atoms with E-state index >= 15 is 0 Å². The quantitative estimate of drug-likeness (QED) is 0.546. The van der Waals surface area contributed by atoms with E-state index in [9.17, 15) is 27.9 Å². The highest BCUT2D eigenvalue weighted by molar-refractivity contribution is 6.39. The summed E-state index contributed by atoms with van der Waals surface area (Å²) in [4.78, 5) is 23.3. The number of rotatable bonds is 6. The number of amides is 2. The number of hydrogen-bond donors (Lipinski definition) is 3. The van der Waals surface area contributed by atoms with Crippen LogP contribution in [0.25, 0.3) is 0 Å². The summed E-state index contributed by atoms with van der Waals surface area (Å²) >= 11 is 0. The number of halogens is 3. The number of carbonyl (C=O) groups excluding carboxylic acids is 2. The van der Waals surface area contributed by atoms with Crippen LogP contribution in [0.2, 0.25) is 0 Å². The summed E-state index contributed by atoms with van der Waals surface area (Å²) in [5, 5.41) is 14.3. The van der Waals surface area contributed by atoms with Gasteiger partial charge in [-0.3, -0.25) is 9.59 Å². The smallest absolute Gasteiger partial charge is 0.313 e. The van der Waals surface area contributed by atoms with Crippen molar-refractivity contribution < 1.29 is 27.9 Å². The van der Waals surface area contributed by atoms with Crippen molar-refractivity contribution in [3.8, 4) is 0 Å². The Bertz CT molecular complexity index is 596. The van der Waals surface area contributed by atoms with Gasteiger partial charge < -0.3 is 15.7 Å². The van der Waals surface area contributed by atoms with E-state index in [4.69, 9.17) is 0 Å². The molecule has 0 saturated heterocycles. The van der Waals surface area contributed by atoms with Gasteiger partial charge in [0.15, 0.2) is 17.5 Å². The fourth-order valence-electron chi connectivity index (χ4n) is 1.85. The highest BCUT2D eigenvalue weighted by Gasteiger charge is 2.24. The molecule has 0 aliphatic carbocycles. The van der Waals surface area contributed by atoms with E-state index in [2.05, 4.69) is 5.32 Å². The van der Waals surface area contributed by atoms with Crippen LogP contribution in [0, 0.1) is 23.4 Å². The molecule has 1 unspecified atom stereocenters. The molecule has 8 heteroatoms. The molecule has 1 atom stereocenters. The third-order valence-electron chi connectivity index (χ3n) is 3.34. The second kappa shape index (κ2) is 8.14. The van der Waals surface area contributed by atoms with Gasteiger partial charge in [-0.05, 0) is 25.7 Å². The zero-order chi connectivity index (χ0) is 18.5. The SMILES string of the molecule is CC(C)CCC(C)(O)CNC(=O)C(=O)Nc1cc(F)c(F)c(F)c1. The third-order valence-corrected chi connectivity index (χ3v) is 3.34. The fraction of sp³-hybridized carbons (Fsp3) is 0.500. The number of hydrogen-bond acceptors (Lipinski definition) is 3. The lowest BCUT2D eigenvalue weighted by molar-refractivity contribution is -0.136. The zero-order valence-electron chi connectivity index (χ0n) is 13.8. The maximum Gasteiger partial charge on any atom is 0.313 e. The Kier molecular flexibility index (Phi) is 6.77. The number of nitrogens with one attached hydrogen (secondary N) is 2. The molecule has 1 aromatic rings. The molecule has 0 saturated carbocycles. The van der Waals surface area contributed by atoms with Crippen LogP contribution in [0.3, 0.4) is 0 Å². The molecule has 2 amide bonds. The molecule has 24 heavy (non-hydrogen) atoms. The van der Waals surface area contributed by atoms with E-state index in [1.165, 1.54) is 6.92 Å². The molecule has 0 spiro atoms. The average molecular weight is 346 g/mol. The molecule has 5 nitrogen and oxygen atoms in total. The van der Waals surface area contributed by atoms with Gasteiger partial charge in [-0.15, -0.1) is 0 Å². The van der Waals surface area contributed by atoms with Crippen LogP contribution in [0.4, 0.5) is 18.9 Å². The minimum absolute atomic E-state index is 0.155. The lowest BCUT2D eigenvalue weighted by atomic mass is 9.95. The first kappa shape index (κ1) is 20.0. The molecule has 0 heterocycles. The van der Waals surface area contributed by atoms with Gasteiger partial charge in [0.25, 0.3) is 0 Å². The number of carbonyl (C=O) groups is 2. The topological polar surface area (TPSA) is 78.4 Å². The Morgan fingerprint density at radius 3 is 2.21 bits per heavy atom. The minimum Gasteiger partial charge on any atom is -0.388 e. The van der Waals surface area contributed by atoms with Crippen molar-refractivity contribution in [3.05, 3.63) is 29.6 Å². The van der Waals surface area contributed by atoms with E-state index < -0.39 is 40.6 Å². The maximum absolute atomic E-state index is 13.0. The summed E-state index contributed by atoms with van der Waals surface area (Å²) in [5.74, 6) is -6.52. The molecule has 0 aliphatic heterocycles. The van der Waals surface area contributed by atoms with Gasteiger partial charge in [0.1, 0.15) is 0 Å². The Morgan fingerprint density at radius 2 is 1.71 bits per heavy atom. The fourth-order valence-corrected chi connectivity index (χ4v) is 1.85. The molecular weight excluding hydrogens is 325 g/mol. The second-order valence-corrected chi connectivity index (χ2v) is 6.32. The predicted octanol–water partition coefficient (Wildman–Crippen LogP) is 2.35. The van der Waals surface area contributed by atoms with Crippen molar-refractivity contribution in [2.75, 3.05) is 11.9 Å². The summed E-state index contributed by atoms with van der Waals surface area (Å²) in [7, 11) is 0. The van der Waals surface area contributed by atoms with Crippen LogP contribution >= 0.6 is 0 Å². The zero-order valence-corrected chi connectivity index (χ0v) is 13.8. The maximum atomic E-state index is 13.0. The lowest BCUT2D eigenvalue weighted by Gasteiger charge is -2.24. The molecule has 134 valence electrons. The first-order valence-corrected chi connectivity index (χ1v) is 7.48. The monoisotopic (exact) mass is 346 g/mol. The van der Waals surface area contributed by atoms with Gasteiger partial charge in [-0.1, -0.05) is 13.8 Å². The van der Waals surface area contributed by atoms with Gasteiger partial charge >= 0.3 is 11.8 Å². The summed E-state index contributed by atoms with van der Waals surface area (Å²) in [6.45, 7) is 5.35. The van der Waals surface area contributed by atoms with Crippen molar-refractivity contribution in [2.45, 2.75) is 39.2 Å². The normalized spacial score (nSPS) is 13.5. The summed E-state index contributed by atoms with van der Waals surface area (Å²) < 4.78 is 38.9. The molecular formula is C16H21F3N2O3. The molecule has 1 aromatic carbocycles. The first-order chi connectivity index (χ1) is 11.0. The van der Waals surface area contributed by atoms with E-state index in [0.717, 1.165) is 6.42 Å². The van der Waals surface area contributed by atoms with E-state index in [-0.39, 0.29) is 6.54 Å². The van der Waals surface area contributed by atoms with Crippen LogP contribution in [-0.2, 0) is 9.59 Å². The Labute approximate surface area is 138 Å². The molecule has 0 aliphatic rings. The van der Waals surface area contributed by atoms with Gasteiger partial charge in [0.2, 0.25) is 0 Å². The van der Waals surface area contributed by atoms with E-state index in [1.54, 1.807) is 0 Å². The number of anilines is 1.